The van der Waals surface area contributed by atoms with Crippen LogP contribution in [0.25, 0.3) is 11.1 Å². The number of carbonyl (C=O) groups excluding carboxylic acids is 3. The van der Waals surface area contributed by atoms with E-state index >= 15 is 0 Å². The number of hydrogen-bond acceptors (Lipinski definition) is 8. The summed E-state index contributed by atoms with van der Waals surface area (Å²) in [6.07, 6.45) is 1.71. The number of nitrogens with one attached hydrogen (secondary N) is 1. The van der Waals surface area contributed by atoms with Crippen LogP contribution in [0, 0.1) is 0 Å². The molecule has 0 aromatic heterocycles. The summed E-state index contributed by atoms with van der Waals surface area (Å²) in [7, 11) is 1.23. The highest BCUT2D eigenvalue weighted by atomic mass is 16.7. The summed E-state index contributed by atoms with van der Waals surface area (Å²) in [4.78, 5) is 37.2. The zero-order valence-corrected chi connectivity index (χ0v) is 21.6. The molecule has 2 aromatic carbocycles. The Balaban J connectivity index is 1.37. The minimum absolute atomic E-state index is 0.0651. The normalized spacial score (nSPS) is 16.1. The number of methoxy groups -OCH3 is 1. The van der Waals surface area contributed by atoms with Crippen molar-refractivity contribution in [3.63, 3.8) is 0 Å². The summed E-state index contributed by atoms with van der Waals surface area (Å²) in [5, 5.41) is 2.62. The van der Waals surface area contributed by atoms with E-state index in [0.717, 1.165) is 34.1 Å². The van der Waals surface area contributed by atoms with Gasteiger partial charge in [0.15, 0.2) is 0 Å². The molecule has 0 bridgehead atoms. The number of hydrogen-bond donors (Lipinski definition) is 1. The van der Waals surface area contributed by atoms with Gasteiger partial charge in [0.25, 0.3) is 0 Å². The fourth-order valence-electron chi connectivity index (χ4n) is 4.38. The predicted octanol–water partition coefficient (Wildman–Crippen LogP) is 4.57. The van der Waals surface area contributed by atoms with Crippen LogP contribution in [-0.4, -0.2) is 50.7 Å². The van der Waals surface area contributed by atoms with Gasteiger partial charge in [0.1, 0.15) is 25.5 Å². The van der Waals surface area contributed by atoms with Crippen LogP contribution in [-0.2, 0) is 33.3 Å². The Morgan fingerprint density at radius 3 is 2.29 bits per heavy atom. The van der Waals surface area contributed by atoms with Crippen LogP contribution in [0.1, 0.15) is 43.7 Å². The van der Waals surface area contributed by atoms with E-state index in [-0.39, 0.29) is 37.7 Å². The smallest absolute Gasteiger partial charge is 0.407 e. The van der Waals surface area contributed by atoms with Crippen molar-refractivity contribution in [1.29, 1.82) is 0 Å². The molecule has 0 unspecified atom stereocenters. The van der Waals surface area contributed by atoms with E-state index < -0.39 is 30.4 Å². The van der Waals surface area contributed by atoms with Crippen LogP contribution in [0.5, 0.6) is 0 Å². The highest BCUT2D eigenvalue weighted by molar-refractivity contribution is 5.86. The molecule has 2 aliphatic rings. The molecule has 1 aliphatic carbocycles. The van der Waals surface area contributed by atoms with Crippen molar-refractivity contribution in [1.82, 2.24) is 5.32 Å². The van der Waals surface area contributed by atoms with E-state index in [0.29, 0.717) is 0 Å². The lowest BCUT2D eigenvalue weighted by Crippen LogP contribution is -2.43. The minimum Gasteiger partial charge on any atom is -0.463 e. The third kappa shape index (κ3) is 6.34. The maximum absolute atomic E-state index is 12.8. The number of esters is 2. The van der Waals surface area contributed by atoms with Gasteiger partial charge in [-0.3, -0.25) is 0 Å². The SMILES string of the molecule is COC(=O)C1=CO[C@H](CC[C@H](NC(=O)OCC2c3ccccc3-c3ccccc32)C(=O)OCC=C(C)C)O1. The van der Waals surface area contributed by atoms with Gasteiger partial charge in [0.05, 0.1) is 7.11 Å². The molecule has 200 valence electrons. The Morgan fingerprint density at radius 2 is 1.66 bits per heavy atom. The first-order chi connectivity index (χ1) is 18.4. The topological polar surface area (TPSA) is 109 Å². The number of amides is 1. The molecule has 0 saturated carbocycles. The second-order valence-electron chi connectivity index (χ2n) is 9.17. The Labute approximate surface area is 221 Å². The first-order valence-corrected chi connectivity index (χ1v) is 12.4. The van der Waals surface area contributed by atoms with E-state index in [1.165, 1.54) is 7.11 Å². The number of rotatable bonds is 10. The zero-order chi connectivity index (χ0) is 27.1. The summed E-state index contributed by atoms with van der Waals surface area (Å²) in [6, 6.07) is 15.1. The van der Waals surface area contributed by atoms with Crippen LogP contribution >= 0.6 is 0 Å². The molecule has 9 nitrogen and oxygen atoms in total. The lowest BCUT2D eigenvalue weighted by molar-refractivity contribution is -0.146. The van der Waals surface area contributed by atoms with Crippen molar-refractivity contribution in [2.75, 3.05) is 20.3 Å². The van der Waals surface area contributed by atoms with Crippen LogP contribution in [0.2, 0.25) is 0 Å². The van der Waals surface area contributed by atoms with Gasteiger partial charge in [-0.1, -0.05) is 54.1 Å². The summed E-state index contributed by atoms with van der Waals surface area (Å²) in [5.41, 5.74) is 5.41. The molecule has 2 atom stereocenters. The average Bonchev–Trinajstić information content (AvgIpc) is 3.52. The van der Waals surface area contributed by atoms with E-state index in [1.807, 2.05) is 50.2 Å². The van der Waals surface area contributed by atoms with Gasteiger partial charge in [-0.05, 0) is 48.6 Å². The molecule has 0 spiro atoms. The van der Waals surface area contributed by atoms with Crippen molar-refractivity contribution in [2.45, 2.75) is 44.9 Å². The monoisotopic (exact) mass is 521 g/mol. The van der Waals surface area contributed by atoms with Gasteiger partial charge in [-0.2, -0.15) is 0 Å². The molecule has 1 aliphatic heterocycles. The molecular weight excluding hydrogens is 490 g/mol. The van der Waals surface area contributed by atoms with Crippen molar-refractivity contribution in [3.8, 4) is 11.1 Å². The van der Waals surface area contributed by atoms with Crippen LogP contribution in [0.15, 0.2) is 72.2 Å². The summed E-state index contributed by atoms with van der Waals surface area (Å²) >= 11 is 0. The maximum atomic E-state index is 12.8. The third-order valence-corrected chi connectivity index (χ3v) is 6.30. The quantitative estimate of drug-likeness (QED) is 0.275. The van der Waals surface area contributed by atoms with Crippen LogP contribution in [0.3, 0.4) is 0 Å². The fraction of sp³-hybridized carbons (Fsp3) is 0.345. The van der Waals surface area contributed by atoms with Crippen molar-refractivity contribution >= 4 is 18.0 Å². The molecule has 38 heavy (non-hydrogen) atoms. The lowest BCUT2D eigenvalue weighted by atomic mass is 9.98. The van der Waals surface area contributed by atoms with Gasteiger partial charge in [-0.15, -0.1) is 0 Å². The van der Waals surface area contributed by atoms with E-state index in [2.05, 4.69) is 22.2 Å². The van der Waals surface area contributed by atoms with Crippen molar-refractivity contribution < 1.29 is 38.1 Å². The zero-order valence-electron chi connectivity index (χ0n) is 21.6. The highest BCUT2D eigenvalue weighted by Crippen LogP contribution is 2.44. The number of benzene rings is 2. The molecule has 0 radical (unpaired) electrons. The largest absolute Gasteiger partial charge is 0.463 e. The van der Waals surface area contributed by atoms with E-state index in [1.54, 1.807) is 6.08 Å². The summed E-state index contributed by atoms with van der Waals surface area (Å²) in [6.45, 7) is 3.97. The van der Waals surface area contributed by atoms with Crippen LogP contribution < -0.4 is 5.32 Å². The predicted molar refractivity (Wildman–Crippen MR) is 138 cm³/mol. The first kappa shape index (κ1) is 26.8. The van der Waals surface area contributed by atoms with Crippen molar-refractivity contribution in [3.05, 3.63) is 83.3 Å². The number of ether oxygens (including phenoxy) is 5. The molecular formula is C29H31NO8. The van der Waals surface area contributed by atoms with Crippen LogP contribution in [0.4, 0.5) is 4.79 Å². The lowest BCUT2D eigenvalue weighted by Gasteiger charge is -2.20. The third-order valence-electron chi connectivity index (χ3n) is 6.30. The molecule has 4 rings (SSSR count). The van der Waals surface area contributed by atoms with Gasteiger partial charge in [-0.25, -0.2) is 14.4 Å². The number of fused-ring (bicyclic) bond motifs is 3. The minimum atomic E-state index is -1.01. The van der Waals surface area contributed by atoms with Gasteiger partial charge < -0.3 is 29.0 Å². The molecule has 1 heterocycles. The summed E-state index contributed by atoms with van der Waals surface area (Å²) in [5.74, 6) is -1.46. The van der Waals surface area contributed by atoms with Gasteiger partial charge >= 0.3 is 18.0 Å². The Bertz CT molecular complexity index is 1200. The summed E-state index contributed by atoms with van der Waals surface area (Å²) < 4.78 is 26.3. The van der Waals surface area contributed by atoms with E-state index in [4.69, 9.17) is 18.9 Å². The second kappa shape index (κ2) is 12.3. The Kier molecular flexibility index (Phi) is 8.68. The van der Waals surface area contributed by atoms with E-state index in [9.17, 15) is 14.4 Å². The molecule has 0 saturated heterocycles. The molecule has 1 amide bonds. The first-order valence-electron chi connectivity index (χ1n) is 12.4. The van der Waals surface area contributed by atoms with Gasteiger partial charge in [0.2, 0.25) is 12.0 Å². The standard InChI is InChI=1S/C29H31NO8/c1-18(2)14-15-35-27(31)24(12-13-26-36-17-25(38-26)28(32)34-3)30-29(33)37-16-23-21-10-6-4-8-19(21)20-9-5-7-11-22(20)23/h4-11,14,17,23-24,26H,12-13,15-16H2,1-3H3,(H,30,33)/t24-,26-/m0/s1. The van der Waals surface area contributed by atoms with Gasteiger partial charge in [0, 0.05) is 12.3 Å². The number of alkyl carbamates (subject to hydrolysis) is 1. The average molecular weight is 522 g/mol. The fourth-order valence-corrected chi connectivity index (χ4v) is 4.38. The number of allylic oxidation sites excluding steroid dienone is 1. The highest BCUT2D eigenvalue weighted by Gasteiger charge is 2.31. The molecule has 2 aromatic rings. The maximum Gasteiger partial charge on any atom is 0.407 e. The number of carbonyl (C=O) groups is 3. The molecule has 1 N–H and O–H groups in total. The second-order valence-corrected chi connectivity index (χ2v) is 9.17. The van der Waals surface area contributed by atoms with Crippen molar-refractivity contribution in [2.24, 2.45) is 0 Å². The Hall–Kier alpha value is -4.27. The molecule has 0 fully saturated rings. The Morgan fingerprint density at radius 1 is 1.00 bits per heavy atom. The molecule has 9 heteroatoms.